The molecule has 2 aromatic rings. The van der Waals surface area contributed by atoms with Gasteiger partial charge in [-0.3, -0.25) is 0 Å². The highest BCUT2D eigenvalue weighted by molar-refractivity contribution is 5.87. The highest BCUT2D eigenvalue weighted by atomic mass is 16.5. The monoisotopic (exact) mass is 299 g/mol. The Morgan fingerprint density at radius 3 is 2.55 bits per heavy atom. The summed E-state index contributed by atoms with van der Waals surface area (Å²) in [5.41, 5.74) is 2.58. The predicted molar refractivity (Wildman–Crippen MR) is 86.4 cm³/mol. The van der Waals surface area contributed by atoms with Crippen molar-refractivity contribution in [2.45, 2.75) is 19.9 Å². The van der Waals surface area contributed by atoms with Crippen LogP contribution in [0.5, 0.6) is 5.75 Å². The van der Waals surface area contributed by atoms with Crippen LogP contribution in [0.25, 0.3) is 0 Å². The van der Waals surface area contributed by atoms with Crippen LogP contribution >= 0.6 is 0 Å². The minimum absolute atomic E-state index is 0.314. The molecule has 0 aliphatic carbocycles. The lowest BCUT2D eigenvalue weighted by molar-refractivity contribution is 0.0697. The van der Waals surface area contributed by atoms with E-state index in [0.29, 0.717) is 12.2 Å². The van der Waals surface area contributed by atoms with E-state index >= 15 is 0 Å². The summed E-state index contributed by atoms with van der Waals surface area (Å²) >= 11 is 0. The van der Waals surface area contributed by atoms with Gasteiger partial charge in [-0.2, -0.15) is 0 Å². The number of hydrogen-bond acceptors (Lipinski definition) is 3. The van der Waals surface area contributed by atoms with Gasteiger partial charge in [0, 0.05) is 6.54 Å². The molecule has 116 valence electrons. The molecule has 4 heteroatoms. The first kappa shape index (κ1) is 16.0. The second-order valence-corrected chi connectivity index (χ2v) is 4.97. The predicted octanol–water partition coefficient (Wildman–Crippen LogP) is 3.12. The Kier molecular flexibility index (Phi) is 5.98. The van der Waals surface area contributed by atoms with E-state index in [1.165, 1.54) is 5.56 Å². The van der Waals surface area contributed by atoms with Crippen molar-refractivity contribution in [3.63, 3.8) is 0 Å². The van der Waals surface area contributed by atoms with Crippen molar-refractivity contribution < 1.29 is 14.6 Å². The molecule has 0 saturated heterocycles. The van der Waals surface area contributed by atoms with Gasteiger partial charge >= 0.3 is 5.97 Å². The third-order valence-electron chi connectivity index (χ3n) is 3.37. The molecule has 4 nitrogen and oxygen atoms in total. The van der Waals surface area contributed by atoms with Crippen molar-refractivity contribution in [2.75, 3.05) is 13.2 Å². The zero-order valence-corrected chi connectivity index (χ0v) is 12.7. The van der Waals surface area contributed by atoms with Crippen LogP contribution in [0.2, 0.25) is 0 Å². The molecule has 0 unspecified atom stereocenters. The first-order valence-electron chi connectivity index (χ1n) is 7.44. The van der Waals surface area contributed by atoms with Crippen LogP contribution in [0.3, 0.4) is 0 Å². The van der Waals surface area contributed by atoms with Gasteiger partial charge in [0.1, 0.15) is 5.75 Å². The Bertz CT molecular complexity index is 608. The standard InChI is InChI=1S/C18H21NO3/c1-2-22-17-6-4-3-5-15(17)11-12-19-13-14-7-9-16(10-8-14)18(20)21/h3-10,19H,2,11-13H2,1H3,(H,20,21). The van der Waals surface area contributed by atoms with Gasteiger partial charge < -0.3 is 15.2 Å². The maximum absolute atomic E-state index is 10.8. The van der Waals surface area contributed by atoms with E-state index in [0.717, 1.165) is 30.8 Å². The number of rotatable bonds is 8. The average molecular weight is 299 g/mol. The number of benzene rings is 2. The Balaban J connectivity index is 1.81. The summed E-state index contributed by atoms with van der Waals surface area (Å²) in [6.07, 6.45) is 0.892. The van der Waals surface area contributed by atoms with E-state index in [2.05, 4.69) is 11.4 Å². The van der Waals surface area contributed by atoms with Crippen LogP contribution in [-0.2, 0) is 13.0 Å². The zero-order valence-electron chi connectivity index (χ0n) is 12.7. The molecule has 0 aliphatic heterocycles. The van der Waals surface area contributed by atoms with Gasteiger partial charge in [0.05, 0.1) is 12.2 Å². The summed E-state index contributed by atoms with van der Waals surface area (Å²) in [6.45, 7) is 4.21. The third kappa shape index (κ3) is 4.60. The molecule has 0 fully saturated rings. The molecule has 0 aliphatic rings. The normalized spacial score (nSPS) is 10.4. The molecule has 2 N–H and O–H groups in total. The lowest BCUT2D eigenvalue weighted by Gasteiger charge is -2.10. The van der Waals surface area contributed by atoms with Gasteiger partial charge in [0.15, 0.2) is 0 Å². The van der Waals surface area contributed by atoms with E-state index in [9.17, 15) is 4.79 Å². The number of para-hydroxylation sites is 1. The quantitative estimate of drug-likeness (QED) is 0.735. The van der Waals surface area contributed by atoms with Gasteiger partial charge in [-0.1, -0.05) is 30.3 Å². The summed E-state index contributed by atoms with van der Waals surface area (Å²) in [7, 11) is 0. The molecule has 0 heterocycles. The van der Waals surface area contributed by atoms with Crippen LogP contribution in [-0.4, -0.2) is 24.2 Å². The number of carbonyl (C=O) groups is 1. The number of hydrogen-bond donors (Lipinski definition) is 2. The minimum Gasteiger partial charge on any atom is -0.494 e. The van der Waals surface area contributed by atoms with Crippen LogP contribution in [0, 0.1) is 0 Å². The fraction of sp³-hybridized carbons (Fsp3) is 0.278. The zero-order chi connectivity index (χ0) is 15.8. The summed E-state index contributed by atoms with van der Waals surface area (Å²) in [4.78, 5) is 10.8. The summed E-state index contributed by atoms with van der Waals surface area (Å²) < 4.78 is 5.60. The molecule has 2 rings (SSSR count). The third-order valence-corrected chi connectivity index (χ3v) is 3.37. The van der Waals surface area contributed by atoms with E-state index < -0.39 is 5.97 Å². The van der Waals surface area contributed by atoms with E-state index in [4.69, 9.17) is 9.84 Å². The summed E-state index contributed by atoms with van der Waals surface area (Å²) in [5, 5.41) is 12.2. The first-order valence-corrected chi connectivity index (χ1v) is 7.44. The average Bonchev–Trinajstić information content (AvgIpc) is 2.53. The molecular formula is C18H21NO3. The molecule has 0 bridgehead atoms. The second-order valence-electron chi connectivity index (χ2n) is 4.97. The van der Waals surface area contributed by atoms with Crippen molar-refractivity contribution >= 4 is 5.97 Å². The van der Waals surface area contributed by atoms with Crippen LogP contribution in [0.4, 0.5) is 0 Å². The van der Waals surface area contributed by atoms with Crippen molar-refractivity contribution in [3.05, 3.63) is 65.2 Å². The molecule has 0 atom stereocenters. The maximum atomic E-state index is 10.8. The summed E-state index contributed by atoms with van der Waals surface area (Å²) in [6, 6.07) is 15.0. The van der Waals surface area contributed by atoms with Crippen molar-refractivity contribution in [1.29, 1.82) is 0 Å². The lowest BCUT2D eigenvalue weighted by atomic mass is 10.1. The van der Waals surface area contributed by atoms with Crippen LogP contribution in [0.1, 0.15) is 28.4 Å². The number of aromatic carboxylic acids is 1. The van der Waals surface area contributed by atoms with Crippen molar-refractivity contribution in [2.24, 2.45) is 0 Å². The number of nitrogens with one attached hydrogen (secondary N) is 1. The maximum Gasteiger partial charge on any atom is 0.335 e. The second kappa shape index (κ2) is 8.20. The van der Waals surface area contributed by atoms with Crippen LogP contribution in [0.15, 0.2) is 48.5 Å². The van der Waals surface area contributed by atoms with E-state index in [-0.39, 0.29) is 0 Å². The number of ether oxygens (including phenoxy) is 1. The Labute approximate surface area is 130 Å². The Morgan fingerprint density at radius 2 is 1.86 bits per heavy atom. The van der Waals surface area contributed by atoms with Gasteiger partial charge in [-0.25, -0.2) is 4.79 Å². The molecule has 0 saturated carbocycles. The highest BCUT2D eigenvalue weighted by Gasteiger charge is 2.03. The molecule has 2 aromatic carbocycles. The molecule has 0 spiro atoms. The summed E-state index contributed by atoms with van der Waals surface area (Å²) in [5.74, 6) is 0.0460. The van der Waals surface area contributed by atoms with E-state index in [1.54, 1.807) is 12.1 Å². The smallest absolute Gasteiger partial charge is 0.335 e. The number of carboxylic acids is 1. The highest BCUT2D eigenvalue weighted by Crippen LogP contribution is 2.18. The molecule has 0 aromatic heterocycles. The SMILES string of the molecule is CCOc1ccccc1CCNCc1ccc(C(=O)O)cc1. The molecule has 0 amide bonds. The van der Waals surface area contributed by atoms with Gasteiger partial charge in [0.2, 0.25) is 0 Å². The lowest BCUT2D eigenvalue weighted by Crippen LogP contribution is -2.17. The van der Waals surface area contributed by atoms with Crippen molar-refractivity contribution in [1.82, 2.24) is 5.32 Å². The molecule has 0 radical (unpaired) electrons. The van der Waals surface area contributed by atoms with Crippen molar-refractivity contribution in [3.8, 4) is 5.75 Å². The topological polar surface area (TPSA) is 58.6 Å². The van der Waals surface area contributed by atoms with Gasteiger partial charge in [-0.05, 0) is 49.2 Å². The van der Waals surface area contributed by atoms with Gasteiger partial charge in [-0.15, -0.1) is 0 Å². The molecular weight excluding hydrogens is 278 g/mol. The van der Waals surface area contributed by atoms with Crippen LogP contribution < -0.4 is 10.1 Å². The minimum atomic E-state index is -0.896. The fourth-order valence-corrected chi connectivity index (χ4v) is 2.23. The first-order chi connectivity index (χ1) is 10.7. The molecule has 22 heavy (non-hydrogen) atoms. The van der Waals surface area contributed by atoms with E-state index in [1.807, 2.05) is 37.3 Å². The fourth-order valence-electron chi connectivity index (χ4n) is 2.23. The number of carboxylic acid groups (broad SMARTS) is 1. The Morgan fingerprint density at radius 1 is 1.14 bits per heavy atom. The largest absolute Gasteiger partial charge is 0.494 e. The Hall–Kier alpha value is -2.33. The van der Waals surface area contributed by atoms with Gasteiger partial charge in [0.25, 0.3) is 0 Å².